The minimum Gasteiger partial charge on any atom is -0.493 e. The number of hydrogen-bond acceptors (Lipinski definition) is 4. The maximum atomic E-state index is 11.3. The Morgan fingerprint density at radius 2 is 1.79 bits per heavy atom. The Hall–Kier alpha value is -2.15. The first-order valence-corrected chi connectivity index (χ1v) is 10.1. The molecule has 0 amide bonds. The molecule has 6 nitrogen and oxygen atoms in total. The van der Waals surface area contributed by atoms with Crippen molar-refractivity contribution in [2.45, 2.75) is 6.42 Å². The van der Waals surface area contributed by atoms with Gasteiger partial charge in [-0.1, -0.05) is 29.3 Å². The van der Waals surface area contributed by atoms with Crippen LogP contribution in [0, 0.1) is 0 Å². The van der Waals surface area contributed by atoms with E-state index in [4.69, 9.17) is 27.9 Å². The number of anilines is 1. The van der Waals surface area contributed by atoms with Gasteiger partial charge >= 0.3 is 5.69 Å². The standard InChI is InChI=1S/C20H22Cl2N4O2/c21-15-3-1-4-18(19(15)22)26-10-8-25(9-11-26)7-2-12-28-14-5-6-16-17(13-14)24-20(27)23-16/h1,3-6,13H,2,7-12H2,(H2,23,24,27). The Kier molecular flexibility index (Phi) is 5.80. The van der Waals surface area contributed by atoms with Gasteiger partial charge in [-0.15, -0.1) is 0 Å². The van der Waals surface area contributed by atoms with Crippen molar-refractivity contribution in [2.75, 3.05) is 44.2 Å². The monoisotopic (exact) mass is 420 g/mol. The lowest BCUT2D eigenvalue weighted by Crippen LogP contribution is -2.46. The van der Waals surface area contributed by atoms with Crippen LogP contribution in [0.3, 0.4) is 0 Å². The van der Waals surface area contributed by atoms with Gasteiger partial charge in [-0.2, -0.15) is 0 Å². The molecular weight excluding hydrogens is 399 g/mol. The van der Waals surface area contributed by atoms with E-state index in [1.165, 1.54) is 0 Å². The first-order valence-electron chi connectivity index (χ1n) is 9.36. The number of aromatic amines is 2. The van der Waals surface area contributed by atoms with Gasteiger partial charge in [-0.05, 0) is 30.7 Å². The molecule has 1 aliphatic heterocycles. The highest BCUT2D eigenvalue weighted by Gasteiger charge is 2.19. The van der Waals surface area contributed by atoms with E-state index in [9.17, 15) is 4.79 Å². The number of aromatic nitrogens is 2. The lowest BCUT2D eigenvalue weighted by atomic mass is 10.2. The van der Waals surface area contributed by atoms with Crippen LogP contribution in [-0.4, -0.2) is 54.2 Å². The van der Waals surface area contributed by atoms with E-state index in [0.717, 1.165) is 61.6 Å². The Bertz CT molecular complexity index is 1010. The SMILES string of the molecule is O=c1[nH]c2ccc(OCCCN3CCN(c4cccc(Cl)c4Cl)CC3)cc2[nH]1. The molecule has 3 aromatic rings. The number of ether oxygens (including phenoxy) is 1. The molecule has 1 aliphatic rings. The highest BCUT2D eigenvalue weighted by Crippen LogP contribution is 2.32. The van der Waals surface area contributed by atoms with Gasteiger partial charge in [-0.3, -0.25) is 4.90 Å². The van der Waals surface area contributed by atoms with Gasteiger partial charge in [-0.25, -0.2) is 4.79 Å². The van der Waals surface area contributed by atoms with Crippen LogP contribution in [0.4, 0.5) is 5.69 Å². The zero-order chi connectivity index (χ0) is 19.5. The molecule has 1 saturated heterocycles. The first kappa shape index (κ1) is 19.2. The molecule has 148 valence electrons. The van der Waals surface area contributed by atoms with Crippen LogP contribution < -0.4 is 15.3 Å². The minimum absolute atomic E-state index is 0.203. The summed E-state index contributed by atoms with van der Waals surface area (Å²) in [6.07, 6.45) is 0.944. The van der Waals surface area contributed by atoms with E-state index < -0.39 is 0 Å². The zero-order valence-electron chi connectivity index (χ0n) is 15.4. The second-order valence-corrected chi connectivity index (χ2v) is 7.68. The van der Waals surface area contributed by atoms with Crippen molar-refractivity contribution in [1.29, 1.82) is 0 Å². The van der Waals surface area contributed by atoms with Gasteiger partial charge < -0.3 is 19.6 Å². The topological polar surface area (TPSA) is 64.4 Å². The minimum atomic E-state index is -0.203. The van der Waals surface area contributed by atoms with Gasteiger partial charge in [0.25, 0.3) is 0 Å². The fourth-order valence-corrected chi connectivity index (χ4v) is 3.94. The molecule has 0 spiro atoms. The van der Waals surface area contributed by atoms with E-state index in [1.54, 1.807) is 0 Å². The smallest absolute Gasteiger partial charge is 0.323 e. The maximum Gasteiger partial charge on any atom is 0.323 e. The van der Waals surface area contributed by atoms with Gasteiger partial charge in [0.05, 0.1) is 33.4 Å². The summed E-state index contributed by atoms with van der Waals surface area (Å²) in [5, 5.41) is 1.23. The van der Waals surface area contributed by atoms with Crippen LogP contribution in [0.25, 0.3) is 11.0 Å². The third-order valence-corrected chi connectivity index (χ3v) is 5.83. The van der Waals surface area contributed by atoms with Crippen LogP contribution in [-0.2, 0) is 0 Å². The molecule has 0 saturated carbocycles. The third kappa shape index (κ3) is 4.29. The molecule has 28 heavy (non-hydrogen) atoms. The number of H-pyrrole nitrogens is 2. The molecule has 0 atom stereocenters. The fourth-order valence-electron chi connectivity index (χ4n) is 3.53. The predicted molar refractivity (Wildman–Crippen MR) is 114 cm³/mol. The quantitative estimate of drug-likeness (QED) is 0.595. The number of piperazine rings is 1. The lowest BCUT2D eigenvalue weighted by Gasteiger charge is -2.36. The van der Waals surface area contributed by atoms with E-state index in [0.29, 0.717) is 16.7 Å². The molecule has 0 bridgehead atoms. The predicted octanol–water partition coefficient (Wildman–Crippen LogP) is 3.75. The van der Waals surface area contributed by atoms with Gasteiger partial charge in [0.1, 0.15) is 5.75 Å². The summed E-state index contributed by atoms with van der Waals surface area (Å²) in [7, 11) is 0. The molecule has 4 rings (SSSR count). The molecule has 2 aromatic carbocycles. The molecule has 2 heterocycles. The molecule has 1 aromatic heterocycles. The number of halogens is 2. The summed E-state index contributed by atoms with van der Waals surface area (Å²) in [5.74, 6) is 0.767. The second kappa shape index (κ2) is 8.47. The number of fused-ring (bicyclic) bond motifs is 1. The van der Waals surface area contributed by atoms with E-state index in [1.807, 2.05) is 36.4 Å². The molecular formula is C20H22Cl2N4O2. The Balaban J connectivity index is 1.22. The maximum absolute atomic E-state index is 11.3. The fraction of sp³-hybridized carbons (Fsp3) is 0.350. The van der Waals surface area contributed by atoms with Crippen molar-refractivity contribution in [1.82, 2.24) is 14.9 Å². The molecule has 0 radical (unpaired) electrons. The van der Waals surface area contributed by atoms with Gasteiger partial charge in [0.2, 0.25) is 0 Å². The van der Waals surface area contributed by atoms with E-state index >= 15 is 0 Å². The average Bonchev–Trinajstić information content (AvgIpc) is 3.07. The summed E-state index contributed by atoms with van der Waals surface area (Å²) in [6.45, 7) is 5.45. The Morgan fingerprint density at radius 3 is 2.61 bits per heavy atom. The van der Waals surface area contributed by atoms with Crippen molar-refractivity contribution < 1.29 is 4.74 Å². The average molecular weight is 421 g/mol. The number of hydrogen-bond donors (Lipinski definition) is 2. The van der Waals surface area contributed by atoms with Crippen LogP contribution in [0.1, 0.15) is 6.42 Å². The van der Waals surface area contributed by atoms with E-state index in [-0.39, 0.29) is 5.69 Å². The summed E-state index contributed by atoms with van der Waals surface area (Å²) < 4.78 is 5.83. The van der Waals surface area contributed by atoms with Crippen molar-refractivity contribution in [3.63, 3.8) is 0 Å². The molecule has 0 unspecified atom stereocenters. The highest BCUT2D eigenvalue weighted by atomic mass is 35.5. The summed E-state index contributed by atoms with van der Waals surface area (Å²) in [6, 6.07) is 11.3. The van der Waals surface area contributed by atoms with Crippen molar-refractivity contribution in [2.24, 2.45) is 0 Å². The van der Waals surface area contributed by atoms with Gasteiger partial charge in [0, 0.05) is 38.8 Å². The number of benzene rings is 2. The summed E-state index contributed by atoms with van der Waals surface area (Å²) in [4.78, 5) is 21.5. The van der Waals surface area contributed by atoms with Crippen molar-refractivity contribution >= 4 is 39.9 Å². The van der Waals surface area contributed by atoms with Crippen LogP contribution in [0.5, 0.6) is 5.75 Å². The van der Waals surface area contributed by atoms with Crippen LogP contribution in [0.15, 0.2) is 41.2 Å². The number of nitrogens with zero attached hydrogens (tertiary/aromatic N) is 2. The normalized spacial score (nSPS) is 15.3. The molecule has 2 N–H and O–H groups in total. The van der Waals surface area contributed by atoms with Crippen molar-refractivity contribution in [3.8, 4) is 5.75 Å². The Morgan fingerprint density at radius 1 is 1.00 bits per heavy atom. The first-order chi connectivity index (χ1) is 13.6. The van der Waals surface area contributed by atoms with Crippen molar-refractivity contribution in [3.05, 3.63) is 56.9 Å². The highest BCUT2D eigenvalue weighted by molar-refractivity contribution is 6.43. The molecule has 1 fully saturated rings. The second-order valence-electron chi connectivity index (χ2n) is 6.89. The molecule has 8 heteroatoms. The third-order valence-electron chi connectivity index (χ3n) is 5.02. The number of nitrogens with one attached hydrogen (secondary N) is 2. The number of imidazole rings is 1. The molecule has 0 aliphatic carbocycles. The van der Waals surface area contributed by atoms with Crippen LogP contribution >= 0.6 is 23.2 Å². The Labute approximate surface area is 173 Å². The van der Waals surface area contributed by atoms with Crippen LogP contribution in [0.2, 0.25) is 10.0 Å². The zero-order valence-corrected chi connectivity index (χ0v) is 16.9. The van der Waals surface area contributed by atoms with E-state index in [2.05, 4.69) is 19.8 Å². The largest absolute Gasteiger partial charge is 0.493 e. The number of rotatable bonds is 6. The summed E-state index contributed by atoms with van der Waals surface area (Å²) >= 11 is 12.5. The lowest BCUT2D eigenvalue weighted by molar-refractivity contribution is 0.225. The van der Waals surface area contributed by atoms with Gasteiger partial charge in [0.15, 0.2) is 0 Å². The summed E-state index contributed by atoms with van der Waals surface area (Å²) in [5.41, 5.74) is 2.36.